The molecule has 3 atom stereocenters. The summed E-state index contributed by atoms with van der Waals surface area (Å²) in [6.07, 6.45) is 1.71. The lowest BCUT2D eigenvalue weighted by molar-refractivity contribution is -0.124. The van der Waals surface area contributed by atoms with Crippen LogP contribution in [-0.2, 0) is 4.79 Å². The van der Waals surface area contributed by atoms with Gasteiger partial charge in [0.25, 0.3) is 0 Å². The Labute approximate surface area is 125 Å². The van der Waals surface area contributed by atoms with Crippen LogP contribution in [0.15, 0.2) is 0 Å². The second kappa shape index (κ2) is 7.41. The highest BCUT2D eigenvalue weighted by molar-refractivity contribution is 5.84. The molecule has 1 amide bonds. The molecule has 0 aliphatic heterocycles. The maximum absolute atomic E-state index is 11.8. The van der Waals surface area contributed by atoms with Gasteiger partial charge in [0.05, 0.1) is 5.54 Å². The second-order valence-electron chi connectivity index (χ2n) is 7.38. The van der Waals surface area contributed by atoms with E-state index in [1.165, 1.54) is 0 Å². The number of hydrogen-bond donors (Lipinski definition) is 2. The monoisotopic (exact) mass is 285 g/mol. The minimum absolute atomic E-state index is 0.211. The number of nitrogens with zero attached hydrogens (tertiary/aromatic N) is 1. The number of carbonyl (C=O) groups is 1. The van der Waals surface area contributed by atoms with Crippen LogP contribution in [0, 0.1) is 5.41 Å². The zero-order chi connectivity index (χ0) is 16.1. The van der Waals surface area contributed by atoms with Gasteiger partial charge in [-0.1, -0.05) is 27.7 Å². The smallest absolute Gasteiger partial charge is 0.237 e. The molecule has 4 heteroatoms. The molecule has 4 nitrogen and oxygen atoms in total. The summed E-state index contributed by atoms with van der Waals surface area (Å²) in [5.74, 6) is -0.269. The topological polar surface area (TPSA) is 58.4 Å². The molecule has 20 heavy (non-hydrogen) atoms. The highest BCUT2D eigenvalue weighted by atomic mass is 16.1. The lowest BCUT2D eigenvalue weighted by Gasteiger charge is -2.41. The standard InChI is InChI=1S/C16H35N3O/c1-9-10-18-16(7,14(17)20)11-12(2)19(8)13(3)15(4,5)6/h12-13,18H,9-11H2,1-8H3,(H2,17,20). The molecule has 0 fully saturated rings. The van der Waals surface area contributed by atoms with Crippen molar-refractivity contribution in [2.45, 2.75) is 78.9 Å². The normalized spacial score (nSPS) is 18.6. The number of carbonyl (C=O) groups excluding carboxylic acids is 1. The highest BCUT2D eigenvalue weighted by Crippen LogP contribution is 2.26. The quantitative estimate of drug-likeness (QED) is 0.720. The molecule has 0 radical (unpaired) electrons. The minimum Gasteiger partial charge on any atom is -0.368 e. The number of primary amides is 1. The molecule has 120 valence electrons. The van der Waals surface area contributed by atoms with E-state index in [4.69, 9.17) is 5.73 Å². The van der Waals surface area contributed by atoms with Gasteiger partial charge >= 0.3 is 0 Å². The Kier molecular flexibility index (Phi) is 7.19. The fourth-order valence-corrected chi connectivity index (χ4v) is 2.39. The first kappa shape index (κ1) is 19.4. The molecule has 3 unspecified atom stereocenters. The van der Waals surface area contributed by atoms with Crippen molar-refractivity contribution in [2.24, 2.45) is 11.1 Å². The van der Waals surface area contributed by atoms with Crippen LogP contribution < -0.4 is 11.1 Å². The maximum atomic E-state index is 11.8. The first-order valence-corrected chi connectivity index (χ1v) is 7.72. The Morgan fingerprint density at radius 2 is 1.75 bits per heavy atom. The maximum Gasteiger partial charge on any atom is 0.237 e. The van der Waals surface area contributed by atoms with E-state index in [0.717, 1.165) is 19.4 Å². The predicted octanol–water partition coefficient (Wildman–Crippen LogP) is 2.37. The van der Waals surface area contributed by atoms with Gasteiger partial charge in [0.1, 0.15) is 0 Å². The molecule has 0 bridgehead atoms. The summed E-state index contributed by atoms with van der Waals surface area (Å²) in [5, 5.41) is 3.31. The van der Waals surface area contributed by atoms with E-state index in [1.807, 2.05) is 6.92 Å². The Hall–Kier alpha value is -0.610. The molecule has 0 aliphatic rings. The summed E-state index contributed by atoms with van der Waals surface area (Å²) < 4.78 is 0. The van der Waals surface area contributed by atoms with Gasteiger partial charge in [0, 0.05) is 12.1 Å². The third kappa shape index (κ3) is 5.41. The van der Waals surface area contributed by atoms with Gasteiger partial charge in [-0.05, 0) is 52.6 Å². The van der Waals surface area contributed by atoms with Gasteiger partial charge in [-0.2, -0.15) is 0 Å². The second-order valence-corrected chi connectivity index (χ2v) is 7.38. The van der Waals surface area contributed by atoms with Crippen molar-refractivity contribution in [3.05, 3.63) is 0 Å². The van der Waals surface area contributed by atoms with E-state index in [9.17, 15) is 4.79 Å². The fraction of sp³-hybridized carbons (Fsp3) is 0.938. The Morgan fingerprint density at radius 3 is 2.10 bits per heavy atom. The molecule has 0 aromatic rings. The number of nitrogens with one attached hydrogen (secondary N) is 1. The summed E-state index contributed by atoms with van der Waals surface area (Å²) in [6, 6.07) is 0.715. The molecule has 0 heterocycles. The van der Waals surface area contributed by atoms with E-state index >= 15 is 0 Å². The van der Waals surface area contributed by atoms with E-state index in [-0.39, 0.29) is 17.4 Å². The average Bonchev–Trinajstić information content (AvgIpc) is 2.33. The van der Waals surface area contributed by atoms with E-state index in [0.29, 0.717) is 6.04 Å². The zero-order valence-corrected chi connectivity index (χ0v) is 14.7. The minimum atomic E-state index is -0.638. The summed E-state index contributed by atoms with van der Waals surface area (Å²) in [4.78, 5) is 14.1. The largest absolute Gasteiger partial charge is 0.368 e. The summed E-state index contributed by atoms with van der Waals surface area (Å²) in [5.41, 5.74) is 5.18. The first-order chi connectivity index (χ1) is 8.95. The third-order valence-corrected chi connectivity index (χ3v) is 4.57. The van der Waals surface area contributed by atoms with Crippen molar-refractivity contribution >= 4 is 5.91 Å². The van der Waals surface area contributed by atoms with Crippen LogP contribution in [-0.4, -0.2) is 42.0 Å². The van der Waals surface area contributed by atoms with Crippen LogP contribution in [0.2, 0.25) is 0 Å². The average molecular weight is 285 g/mol. The molecule has 0 spiro atoms. The number of nitrogens with two attached hydrogens (primary N) is 1. The van der Waals surface area contributed by atoms with Crippen molar-refractivity contribution < 1.29 is 4.79 Å². The van der Waals surface area contributed by atoms with Gasteiger partial charge in [0.15, 0.2) is 0 Å². The van der Waals surface area contributed by atoms with Gasteiger partial charge in [0.2, 0.25) is 5.91 Å². The van der Waals surface area contributed by atoms with E-state index in [1.54, 1.807) is 0 Å². The van der Waals surface area contributed by atoms with Crippen LogP contribution >= 0.6 is 0 Å². The molecule has 0 aromatic carbocycles. The van der Waals surface area contributed by atoms with E-state index < -0.39 is 5.54 Å². The van der Waals surface area contributed by atoms with Crippen molar-refractivity contribution in [1.29, 1.82) is 0 Å². The van der Waals surface area contributed by atoms with Gasteiger partial charge in [-0.3, -0.25) is 4.79 Å². The number of hydrogen-bond acceptors (Lipinski definition) is 3. The third-order valence-electron chi connectivity index (χ3n) is 4.57. The highest BCUT2D eigenvalue weighted by Gasteiger charge is 2.35. The molecule has 0 rings (SSSR count). The van der Waals surface area contributed by atoms with Gasteiger partial charge < -0.3 is 16.0 Å². The van der Waals surface area contributed by atoms with Gasteiger partial charge in [-0.25, -0.2) is 0 Å². The van der Waals surface area contributed by atoms with Crippen LogP contribution in [0.3, 0.4) is 0 Å². The Balaban J connectivity index is 4.84. The van der Waals surface area contributed by atoms with Crippen LogP contribution in [0.4, 0.5) is 0 Å². The molecular weight excluding hydrogens is 250 g/mol. The summed E-state index contributed by atoms with van der Waals surface area (Å²) >= 11 is 0. The zero-order valence-electron chi connectivity index (χ0n) is 14.7. The predicted molar refractivity (Wildman–Crippen MR) is 86.7 cm³/mol. The van der Waals surface area contributed by atoms with Gasteiger partial charge in [-0.15, -0.1) is 0 Å². The lowest BCUT2D eigenvalue weighted by atomic mass is 9.85. The van der Waals surface area contributed by atoms with Crippen LogP contribution in [0.1, 0.15) is 61.3 Å². The molecule has 0 aliphatic carbocycles. The lowest BCUT2D eigenvalue weighted by Crippen LogP contribution is -2.57. The molecule has 3 N–H and O–H groups in total. The summed E-state index contributed by atoms with van der Waals surface area (Å²) in [6.45, 7) is 15.9. The van der Waals surface area contributed by atoms with Crippen molar-refractivity contribution in [1.82, 2.24) is 10.2 Å². The van der Waals surface area contributed by atoms with E-state index in [2.05, 4.69) is 58.8 Å². The van der Waals surface area contributed by atoms with Crippen LogP contribution in [0.25, 0.3) is 0 Å². The molecule has 0 saturated carbocycles. The van der Waals surface area contributed by atoms with Crippen molar-refractivity contribution in [3.63, 3.8) is 0 Å². The SMILES string of the molecule is CCCNC(C)(CC(C)N(C)C(C)C(C)(C)C)C(N)=O. The van der Waals surface area contributed by atoms with Crippen molar-refractivity contribution in [3.8, 4) is 0 Å². The fourth-order valence-electron chi connectivity index (χ4n) is 2.39. The Morgan fingerprint density at radius 1 is 1.25 bits per heavy atom. The molecular formula is C16H35N3O. The first-order valence-electron chi connectivity index (χ1n) is 7.72. The number of amides is 1. The number of rotatable bonds is 8. The molecule has 0 aromatic heterocycles. The van der Waals surface area contributed by atoms with Crippen LogP contribution in [0.5, 0.6) is 0 Å². The van der Waals surface area contributed by atoms with Crippen molar-refractivity contribution in [2.75, 3.05) is 13.6 Å². The molecule has 0 saturated heterocycles. The Bertz CT molecular complexity index is 311. The summed E-state index contributed by atoms with van der Waals surface area (Å²) in [7, 11) is 2.13.